The number of carbonyl (C=O) groups excluding carboxylic acids is 3. The second-order valence-electron chi connectivity index (χ2n) is 10.7. The molecule has 5 atom stereocenters. The molecule has 4 N–H and O–H groups in total. The van der Waals surface area contributed by atoms with Crippen LogP contribution in [0.25, 0.3) is 11.1 Å². The van der Waals surface area contributed by atoms with Gasteiger partial charge in [0.25, 0.3) is 5.91 Å². The molecule has 1 heterocycles. The van der Waals surface area contributed by atoms with Gasteiger partial charge in [0.15, 0.2) is 5.78 Å². The van der Waals surface area contributed by atoms with Crippen molar-refractivity contribution in [2.75, 3.05) is 6.54 Å². The third-order valence-electron chi connectivity index (χ3n) is 8.02. The Labute approximate surface area is 252 Å². The first-order valence-corrected chi connectivity index (χ1v) is 14.9. The summed E-state index contributed by atoms with van der Waals surface area (Å²) >= 11 is 2.22. The lowest BCUT2D eigenvalue weighted by molar-refractivity contribution is -0.150. The second kappa shape index (κ2) is 12.9. The molecule has 0 aromatic heterocycles. The van der Waals surface area contributed by atoms with Crippen molar-refractivity contribution in [1.82, 2.24) is 16.0 Å². The van der Waals surface area contributed by atoms with E-state index in [1.807, 2.05) is 66.7 Å². The van der Waals surface area contributed by atoms with Crippen molar-refractivity contribution in [2.24, 2.45) is 11.8 Å². The number of piperidine rings is 1. The van der Waals surface area contributed by atoms with Crippen molar-refractivity contribution < 1.29 is 24.3 Å². The zero-order chi connectivity index (χ0) is 28.9. The van der Waals surface area contributed by atoms with Gasteiger partial charge in [-0.1, -0.05) is 54.6 Å². The standard InChI is InChI=1S/C32H32IN3O5/c33-23-12-6-19(7-13-23)16-28(36-30(38)22-10-8-21(9-11-22)20-4-2-1-3-5-20)31(39)35-24-14-15-27-25(17-24)29(37)26(18-34-27)32(40)41/h1-13,24-28,34H,14-18H2,(H,35,39)(H,36,38)(H,40,41)/t24?,25?,26?,27?,28-/m0/s1. The van der Waals surface area contributed by atoms with E-state index >= 15 is 0 Å². The average Bonchev–Trinajstić information content (AvgIpc) is 2.98. The molecule has 5 rings (SSSR count). The number of hydrogen-bond acceptors (Lipinski definition) is 5. The molecule has 9 heteroatoms. The summed E-state index contributed by atoms with van der Waals surface area (Å²) in [6.07, 6.45) is 2.00. The summed E-state index contributed by atoms with van der Waals surface area (Å²) in [4.78, 5) is 51.2. The van der Waals surface area contributed by atoms with Crippen LogP contribution in [0.4, 0.5) is 0 Å². The van der Waals surface area contributed by atoms with Gasteiger partial charge in [-0.15, -0.1) is 0 Å². The number of aliphatic carboxylic acids is 1. The van der Waals surface area contributed by atoms with Gasteiger partial charge in [-0.25, -0.2) is 0 Å². The Morgan fingerprint density at radius 1 is 0.927 bits per heavy atom. The summed E-state index contributed by atoms with van der Waals surface area (Å²) in [5.41, 5.74) is 3.39. The van der Waals surface area contributed by atoms with Crippen LogP contribution in [0.3, 0.4) is 0 Å². The lowest BCUT2D eigenvalue weighted by Crippen LogP contribution is -2.59. The third kappa shape index (κ3) is 7.02. The Bertz CT molecular complexity index is 1410. The summed E-state index contributed by atoms with van der Waals surface area (Å²) < 4.78 is 1.07. The molecular formula is C32H32IN3O5. The molecule has 41 heavy (non-hydrogen) atoms. The number of carboxylic acid groups (broad SMARTS) is 1. The molecule has 3 aromatic rings. The number of Topliss-reactive ketones (excluding diaryl/α,β-unsaturated/α-hetero) is 1. The SMILES string of the molecule is O=C(N[C@@H](Cc1ccc(I)cc1)C(=O)NC1CCC2NCC(C(=O)O)C(=O)C2C1)c1ccc(-c2ccccc2)cc1. The van der Waals surface area contributed by atoms with E-state index in [2.05, 4.69) is 38.5 Å². The van der Waals surface area contributed by atoms with Crippen molar-refractivity contribution in [3.63, 3.8) is 0 Å². The van der Waals surface area contributed by atoms with E-state index < -0.39 is 23.8 Å². The number of benzene rings is 3. The number of nitrogens with one attached hydrogen (secondary N) is 3. The zero-order valence-electron chi connectivity index (χ0n) is 22.4. The normalized spacial score (nSPS) is 22.7. The van der Waals surface area contributed by atoms with E-state index in [1.54, 1.807) is 12.1 Å². The fourth-order valence-electron chi connectivity index (χ4n) is 5.75. The molecule has 4 unspecified atom stereocenters. The predicted octanol–water partition coefficient (Wildman–Crippen LogP) is 3.83. The van der Waals surface area contributed by atoms with Crippen LogP contribution in [0, 0.1) is 15.4 Å². The monoisotopic (exact) mass is 665 g/mol. The van der Waals surface area contributed by atoms with Gasteiger partial charge >= 0.3 is 5.97 Å². The van der Waals surface area contributed by atoms with E-state index in [9.17, 15) is 24.3 Å². The largest absolute Gasteiger partial charge is 0.481 e. The third-order valence-corrected chi connectivity index (χ3v) is 8.74. The van der Waals surface area contributed by atoms with Crippen molar-refractivity contribution in [3.05, 3.63) is 93.6 Å². The maximum Gasteiger partial charge on any atom is 0.315 e. The minimum atomic E-state index is -1.12. The number of rotatable bonds is 8. The highest BCUT2D eigenvalue weighted by Crippen LogP contribution is 2.31. The Kier molecular flexibility index (Phi) is 9.14. The molecule has 0 spiro atoms. The lowest BCUT2D eigenvalue weighted by atomic mass is 9.73. The van der Waals surface area contributed by atoms with E-state index in [1.165, 1.54) is 0 Å². The van der Waals surface area contributed by atoms with Gasteiger partial charge < -0.3 is 21.1 Å². The Morgan fingerprint density at radius 3 is 2.29 bits per heavy atom. The van der Waals surface area contributed by atoms with Crippen LogP contribution in [0.1, 0.15) is 35.2 Å². The van der Waals surface area contributed by atoms with E-state index in [0.29, 0.717) is 31.2 Å². The first-order valence-electron chi connectivity index (χ1n) is 13.8. The summed E-state index contributed by atoms with van der Waals surface area (Å²) in [6, 6.07) is 23.7. The zero-order valence-corrected chi connectivity index (χ0v) is 24.5. The van der Waals surface area contributed by atoms with Gasteiger partial charge in [-0.3, -0.25) is 19.2 Å². The first kappa shape index (κ1) is 28.9. The number of carboxylic acids is 1. The molecule has 8 nitrogen and oxygen atoms in total. The van der Waals surface area contributed by atoms with Gasteiger partial charge in [-0.2, -0.15) is 0 Å². The molecule has 1 saturated carbocycles. The van der Waals surface area contributed by atoms with Crippen molar-refractivity contribution in [2.45, 2.75) is 43.8 Å². The predicted molar refractivity (Wildman–Crippen MR) is 163 cm³/mol. The van der Waals surface area contributed by atoms with Crippen LogP contribution in [0.2, 0.25) is 0 Å². The topological polar surface area (TPSA) is 125 Å². The highest BCUT2D eigenvalue weighted by molar-refractivity contribution is 14.1. The molecule has 1 aliphatic heterocycles. The number of amides is 2. The number of fused-ring (bicyclic) bond motifs is 1. The minimum absolute atomic E-state index is 0.0765. The molecular weight excluding hydrogens is 633 g/mol. The maximum atomic E-state index is 13.6. The minimum Gasteiger partial charge on any atom is -0.481 e. The Morgan fingerprint density at radius 2 is 1.61 bits per heavy atom. The highest BCUT2D eigenvalue weighted by Gasteiger charge is 2.44. The molecule has 212 valence electrons. The smallest absolute Gasteiger partial charge is 0.315 e. The second-order valence-corrected chi connectivity index (χ2v) is 12.0. The van der Waals surface area contributed by atoms with Gasteiger partial charge in [0, 0.05) is 40.1 Å². The van der Waals surface area contributed by atoms with E-state index in [-0.39, 0.29) is 36.2 Å². The van der Waals surface area contributed by atoms with Gasteiger partial charge in [-0.05, 0) is 82.8 Å². The lowest BCUT2D eigenvalue weighted by Gasteiger charge is -2.41. The van der Waals surface area contributed by atoms with Crippen LogP contribution in [-0.2, 0) is 20.8 Å². The molecule has 0 bridgehead atoms. The van der Waals surface area contributed by atoms with Gasteiger partial charge in [0.05, 0.1) is 0 Å². The van der Waals surface area contributed by atoms with Crippen LogP contribution in [0.5, 0.6) is 0 Å². The quantitative estimate of drug-likeness (QED) is 0.214. The van der Waals surface area contributed by atoms with E-state index in [0.717, 1.165) is 20.3 Å². The first-order chi connectivity index (χ1) is 19.8. The number of carbonyl (C=O) groups is 4. The summed E-state index contributed by atoms with van der Waals surface area (Å²) in [7, 11) is 0. The molecule has 2 aliphatic rings. The molecule has 2 amide bonds. The molecule has 1 saturated heterocycles. The number of ketones is 1. The molecule has 1 aliphatic carbocycles. The van der Waals surface area contributed by atoms with Crippen LogP contribution in [0.15, 0.2) is 78.9 Å². The van der Waals surface area contributed by atoms with Gasteiger partial charge in [0.2, 0.25) is 5.91 Å². The Hall–Kier alpha value is -3.57. The molecule has 2 fully saturated rings. The number of halogens is 1. The fraction of sp³-hybridized carbons (Fsp3) is 0.312. The molecule has 3 aromatic carbocycles. The molecule has 0 radical (unpaired) electrons. The average molecular weight is 666 g/mol. The van der Waals surface area contributed by atoms with E-state index in [4.69, 9.17) is 0 Å². The Balaban J connectivity index is 1.29. The van der Waals surface area contributed by atoms with Crippen LogP contribution >= 0.6 is 22.6 Å². The highest BCUT2D eigenvalue weighted by atomic mass is 127. The maximum absolute atomic E-state index is 13.6. The van der Waals surface area contributed by atoms with Crippen molar-refractivity contribution in [3.8, 4) is 11.1 Å². The number of hydrogen-bond donors (Lipinski definition) is 4. The van der Waals surface area contributed by atoms with Crippen LogP contribution < -0.4 is 16.0 Å². The van der Waals surface area contributed by atoms with Crippen molar-refractivity contribution in [1.29, 1.82) is 0 Å². The summed E-state index contributed by atoms with van der Waals surface area (Å²) in [5.74, 6) is -3.60. The fourth-order valence-corrected chi connectivity index (χ4v) is 6.11. The van der Waals surface area contributed by atoms with Crippen LogP contribution in [-0.4, -0.2) is 53.3 Å². The summed E-state index contributed by atoms with van der Waals surface area (Å²) in [6.45, 7) is 0.142. The van der Waals surface area contributed by atoms with Gasteiger partial charge in [0.1, 0.15) is 12.0 Å². The van der Waals surface area contributed by atoms with Crippen molar-refractivity contribution >= 4 is 46.2 Å². The summed E-state index contributed by atoms with van der Waals surface area (Å²) in [5, 5.41) is 18.6.